The first kappa shape index (κ1) is 147. The van der Waals surface area contributed by atoms with Crippen LogP contribution in [0, 0.1) is 18.8 Å². The summed E-state index contributed by atoms with van der Waals surface area (Å²) in [6.07, 6.45) is 51.3. The van der Waals surface area contributed by atoms with E-state index in [1.54, 1.807) is 18.3 Å². The van der Waals surface area contributed by atoms with Crippen LogP contribution in [0.4, 0.5) is 0 Å². The van der Waals surface area contributed by atoms with Gasteiger partial charge in [-0.15, -0.1) is 23.5 Å². The Balaban J connectivity index is -0.000000220. The molecule has 35 heteroatoms. The van der Waals surface area contributed by atoms with Crippen LogP contribution in [-0.4, -0.2) is 341 Å². The quantitative estimate of drug-likeness (QED) is 0.0578. The average molecular weight is 2040 g/mol. The molecule has 20 heterocycles. The number of azo groups is 1. The van der Waals surface area contributed by atoms with Crippen molar-refractivity contribution in [3.05, 3.63) is 175 Å². The number of para-hydroxylation sites is 3. The number of aryl methyl sites for hydroxylation is 1. The zero-order valence-corrected chi connectivity index (χ0v) is 86.9. The lowest BCUT2D eigenvalue weighted by Gasteiger charge is -2.09. The number of imidazole rings is 1. The number of aliphatic imine (C=N–C) groups is 6. The number of rotatable bonds is 0. The van der Waals surface area contributed by atoms with E-state index in [1.165, 1.54) is 65.1 Å². The Morgan fingerprint density at radius 2 is 1.31 bits per heavy atom. The van der Waals surface area contributed by atoms with Crippen LogP contribution in [-0.2, 0) is 0 Å². The maximum absolute atomic E-state index is 4.14. The van der Waals surface area contributed by atoms with Gasteiger partial charge in [-0.1, -0.05) is 173 Å². The minimum Gasteiger partial charge on any atom is -0.388 e. The summed E-state index contributed by atoms with van der Waals surface area (Å²) in [6, 6.07) is 20.8. The van der Waals surface area contributed by atoms with E-state index in [0.29, 0.717) is 47.5 Å². The fourth-order valence-electron chi connectivity index (χ4n) is 11.6. The van der Waals surface area contributed by atoms with E-state index >= 15 is 0 Å². The van der Waals surface area contributed by atoms with Crippen molar-refractivity contribution in [3.8, 4) is 0 Å². The van der Waals surface area contributed by atoms with E-state index in [9.17, 15) is 0 Å². The van der Waals surface area contributed by atoms with Gasteiger partial charge in [0, 0.05) is 249 Å². The van der Waals surface area contributed by atoms with Gasteiger partial charge in [-0.05, 0) is 205 Å². The Bertz CT molecular complexity index is 3690. The Morgan fingerprint density at radius 3 is 1.55 bits per heavy atom. The number of amidine groups is 1. The van der Waals surface area contributed by atoms with Crippen LogP contribution in [0.25, 0.3) is 21.9 Å². The monoisotopic (exact) mass is 2040 g/mol. The Morgan fingerprint density at radius 1 is 0.589 bits per heavy atom. The first-order valence-electron chi connectivity index (χ1n) is 46.0. The van der Waals surface area contributed by atoms with E-state index in [4.69, 9.17) is 0 Å². The fourth-order valence-corrected chi connectivity index (χ4v) is 14.1. The molecule has 0 bridgehead atoms. The van der Waals surface area contributed by atoms with Crippen LogP contribution in [0.2, 0.25) is 0 Å². The van der Waals surface area contributed by atoms with Gasteiger partial charge in [0.2, 0.25) is 0 Å². The van der Waals surface area contributed by atoms with E-state index in [-0.39, 0.29) is 74.3 Å². The summed E-state index contributed by atoms with van der Waals surface area (Å²) in [5.41, 5.74) is 19.2. The molecule has 0 radical (unpaired) electrons. The number of hydrazone groups is 2. The molecule has 10 N–H and O–H groups in total. The van der Waals surface area contributed by atoms with E-state index in [0.717, 1.165) is 139 Å². The van der Waals surface area contributed by atoms with Crippen LogP contribution >= 0.6 is 47.4 Å². The van der Waals surface area contributed by atoms with Gasteiger partial charge in [0.05, 0.1) is 79.8 Å². The van der Waals surface area contributed by atoms with E-state index < -0.39 is 0 Å². The number of thioether (sulfide) groups is 2. The maximum Gasteiger partial charge on any atom is 0.0965 e. The van der Waals surface area contributed by atoms with Gasteiger partial charge in [-0.2, -0.15) is 20.4 Å². The summed E-state index contributed by atoms with van der Waals surface area (Å²) >= 11 is 7.34. The van der Waals surface area contributed by atoms with Gasteiger partial charge in [-0.25, -0.2) is 25.1 Å². The van der Waals surface area contributed by atoms with Crippen molar-refractivity contribution in [1.29, 1.82) is 0 Å². The number of nitrogens with one attached hydrogen (secondary N) is 10. The molecule has 141 heavy (non-hydrogen) atoms. The fraction of sp³-hybridized carbons (Fsp3) is 0.613. The summed E-state index contributed by atoms with van der Waals surface area (Å²) in [5.74, 6) is 5.83. The van der Waals surface area contributed by atoms with E-state index in [1.807, 2.05) is 205 Å². The minimum atomic E-state index is 0. The van der Waals surface area contributed by atoms with E-state index in [2.05, 4.69) is 337 Å². The molecule has 810 valence electrons. The molecule has 0 saturated heterocycles. The number of hydrazine groups is 3. The Hall–Kier alpha value is -9.01. The summed E-state index contributed by atoms with van der Waals surface area (Å²) < 4.78 is 4.26. The van der Waals surface area contributed by atoms with Crippen LogP contribution in [0.1, 0.15) is 195 Å². The lowest BCUT2D eigenvalue weighted by Crippen LogP contribution is -2.29. The number of aromatic amines is 2. The number of likely N-dealkylation sites (N-methyl/N-ethyl adjacent to an activating group) is 3. The molecule has 0 fully saturated rings. The molecule has 7 atom stereocenters. The largest absolute Gasteiger partial charge is 0.388 e. The van der Waals surface area contributed by atoms with Crippen molar-refractivity contribution >= 4 is 118 Å². The van der Waals surface area contributed by atoms with Crippen molar-refractivity contribution in [2.75, 3.05) is 193 Å². The number of H-pyrrole nitrogens is 2. The number of benzene rings is 2. The van der Waals surface area contributed by atoms with Crippen molar-refractivity contribution < 1.29 is 0 Å². The van der Waals surface area contributed by atoms with Crippen LogP contribution in [0.5, 0.6) is 0 Å². The smallest absolute Gasteiger partial charge is 0.0965 e. The Kier molecular flexibility index (Phi) is 98.8. The number of allylic oxidation sites excluding steroid dienone is 2. The number of hydrogen-bond acceptors (Lipinski definition) is 33. The zero-order chi connectivity index (χ0) is 95.9. The topological polar surface area (TPSA) is 297 Å². The highest BCUT2D eigenvalue weighted by Crippen LogP contribution is 2.22. The highest BCUT2D eigenvalue weighted by molar-refractivity contribution is 8.03. The standard InChI is InChI=1S/C9H9N.C7H6N2.3C5H10N2.C5H9NS.4C5H9N.7C4H8N2.3C4H7NS.10CH4/c1-7-6-8-4-2-3-5-9(8)10-7;1-2-4-7-6(3-1)8-5-9-7;3*1-5-3-4-7(2)6-5;1-5-3-6(2)4-7-5;1-6-4-2-3-5-6;3*1-5-3-2-4-6-5;2*1-4-2-5-6-3-4;2*1-6-3-2-5-4-6;1-6-4-2-3-5-6;2*1-4-5-2-3-6-4;2*1-5-3-2-4-6-5;1-4-5-2-3-6-4;;;;;;;;;;/h2-6,10H,1H3;1-5H,(H,8,9);3-4H2,1-2H3;3,6H,4H2,1-2H3;3-6H,1-2H3;3H,4H2,1-2H3;2,4H,3,5H2,1H3;4-5H,2-3H2,1H3;2,4-6H,3H2,1H3;2-3,5-6H,4H2,1H3;4H,2-3H2,1H3;2,4,6H,3H2,1H3;4H,2-3H2,1H3;2H,3-4H2,1H3;2,4-5H,3H2,1H3;2-3H2,1H3,(H,5,6);2,4,6H,3H2,1H3;2,4H,3H2,1H3;2-3H,4H2,1H3;2,4H,3H2,1H3;10*1H4. The highest BCUT2D eigenvalue weighted by atomic mass is 32.2. The summed E-state index contributed by atoms with van der Waals surface area (Å²) in [5, 5.41) is 39.8. The first-order valence-corrected chi connectivity index (χ1v) is 49.8. The predicted octanol–water partition coefficient (Wildman–Crippen LogP) is 21.3. The third kappa shape index (κ3) is 84.1. The van der Waals surface area contributed by atoms with Gasteiger partial charge in [0.15, 0.2) is 0 Å². The van der Waals surface area contributed by atoms with Gasteiger partial charge in [-0.3, -0.25) is 45.2 Å². The molecular weight excluding hydrogens is 1840 g/mol. The lowest BCUT2D eigenvalue weighted by molar-refractivity contribution is 0.322. The minimum absolute atomic E-state index is 0. The van der Waals surface area contributed by atoms with Crippen LogP contribution < -0.4 is 43.0 Å². The summed E-state index contributed by atoms with van der Waals surface area (Å²) in [7, 11) is 20.3. The van der Waals surface area contributed by atoms with Crippen molar-refractivity contribution in [1.82, 2.24) is 106 Å². The highest BCUT2D eigenvalue weighted by Gasteiger charge is 2.10. The molecule has 7 unspecified atom stereocenters. The second kappa shape index (κ2) is 94.6. The van der Waals surface area contributed by atoms with Gasteiger partial charge >= 0.3 is 0 Å². The molecule has 0 aliphatic carbocycles. The second-order valence-corrected chi connectivity index (χ2v) is 37.9. The molecule has 4 aromatic rings. The van der Waals surface area contributed by atoms with Gasteiger partial charge in [0.25, 0.3) is 0 Å². The maximum atomic E-state index is 4.14. The normalized spacial score (nSPS) is 21.1. The molecule has 18 aliphatic heterocycles. The Labute approximate surface area is 880 Å². The third-order valence-corrected chi connectivity index (χ3v) is 22.9. The summed E-state index contributed by atoms with van der Waals surface area (Å²) in [6.45, 7) is 43.6. The lowest BCUT2D eigenvalue weighted by atomic mass is 10.2. The molecule has 0 amide bonds. The molecule has 2 aromatic carbocycles. The van der Waals surface area contributed by atoms with Gasteiger partial charge < -0.3 is 65.8 Å². The zero-order valence-electron chi connectivity index (χ0n) is 83.6. The van der Waals surface area contributed by atoms with Crippen molar-refractivity contribution in [2.45, 2.75) is 232 Å². The van der Waals surface area contributed by atoms with Crippen LogP contribution in [0.15, 0.2) is 219 Å². The SMILES string of the molecule is C.C.C.C.C.C.C.C.C.C.CC1=CCN(C)N1.CC1=CN(C)CS1.CC1=NCCN1.CC1=NN(C)CC1.CC1C=CCN1.CC1C=CN(C)N1.CC1C=NNC1.CC1CC=CN1.CC1CCC=N1.CC1CN=NC1.CC1N=CCN1.CC1N=CCS1.CN1C=CCC1.CN1C=CCN1.CN1C=CCS1.CN1C=NCC1.CN1CC=CS1.CN1CC=NC1.Cc1cc2ccccc2[nH]1.c1ccc2[nH]cnc2c1. The molecule has 22 rings (SSSR count). The van der Waals surface area contributed by atoms with Crippen molar-refractivity contribution in [2.24, 2.45) is 62.2 Å². The van der Waals surface area contributed by atoms with Crippen molar-refractivity contribution in [3.63, 3.8) is 0 Å². The molecule has 0 saturated carbocycles. The second-order valence-electron chi connectivity index (χ2n) is 33.1. The number of nitrogens with zero attached hydrogens (tertiary/aromatic N) is 21. The third-order valence-electron chi connectivity index (χ3n) is 19.1. The predicted molar refractivity (Wildman–Crippen MR) is 644 cm³/mol. The number of aromatic nitrogens is 3. The molecule has 18 aliphatic rings. The summed E-state index contributed by atoms with van der Waals surface area (Å²) in [4.78, 5) is 44.5. The molecule has 31 nitrogen and oxygen atoms in total. The number of hydrogen-bond donors (Lipinski definition) is 10. The molecular formula is C106H207N31S4. The van der Waals surface area contributed by atoms with Crippen LogP contribution in [0.3, 0.4) is 0 Å². The number of fused-ring (bicyclic) bond motifs is 2. The first-order chi connectivity index (χ1) is 63.0. The van der Waals surface area contributed by atoms with Gasteiger partial charge in [0.1, 0.15) is 0 Å². The molecule has 0 spiro atoms. The average Bonchev–Trinajstić information content (AvgIpc) is 1.73. The molecule has 2 aromatic heterocycles.